The molecule has 1 aromatic rings. The average Bonchev–Trinajstić information content (AvgIpc) is 3.13. The number of benzene rings is 1. The fourth-order valence-corrected chi connectivity index (χ4v) is 3.63. The Bertz CT molecular complexity index is 645. The molecule has 3 N–H and O–H groups in total. The summed E-state index contributed by atoms with van der Waals surface area (Å²) >= 11 is 0. The van der Waals surface area contributed by atoms with Gasteiger partial charge in [0.15, 0.2) is 5.96 Å². The number of hydrogen-bond donors (Lipinski definition) is 3. The number of ether oxygens (including phenoxy) is 1. The van der Waals surface area contributed by atoms with Crippen molar-refractivity contribution in [3.05, 3.63) is 29.3 Å². The maximum atomic E-state index is 12.1. The average molecular weight is 486 g/mol. The second kappa shape index (κ2) is 11.4. The van der Waals surface area contributed by atoms with E-state index in [0.29, 0.717) is 12.0 Å². The van der Waals surface area contributed by atoms with Crippen molar-refractivity contribution in [2.75, 3.05) is 26.7 Å². The number of nitrogens with one attached hydrogen (secondary N) is 3. The number of rotatable bonds is 6. The number of carbonyl (C=O) groups is 1. The Hall–Kier alpha value is -1.51. The van der Waals surface area contributed by atoms with Crippen molar-refractivity contribution in [2.45, 2.75) is 51.0 Å². The van der Waals surface area contributed by atoms with Gasteiger partial charge in [-0.15, -0.1) is 24.0 Å². The summed E-state index contributed by atoms with van der Waals surface area (Å²) in [4.78, 5) is 16.3. The normalized spacial score (nSPS) is 16.7. The van der Waals surface area contributed by atoms with E-state index in [9.17, 15) is 4.79 Å². The summed E-state index contributed by atoms with van der Waals surface area (Å²) in [7, 11) is 1.72. The first-order valence-electron chi connectivity index (χ1n) is 9.73. The quantitative estimate of drug-likeness (QED) is 0.328. The van der Waals surface area contributed by atoms with Crippen LogP contribution in [0.5, 0.6) is 5.75 Å². The van der Waals surface area contributed by atoms with E-state index in [0.717, 1.165) is 44.6 Å². The number of amides is 1. The fourth-order valence-electron chi connectivity index (χ4n) is 3.63. The van der Waals surface area contributed by atoms with Crippen LogP contribution in [-0.4, -0.2) is 44.7 Å². The molecule has 1 aromatic carbocycles. The van der Waals surface area contributed by atoms with E-state index in [1.807, 2.05) is 0 Å². The first-order valence-corrected chi connectivity index (χ1v) is 9.73. The molecule has 0 spiro atoms. The summed E-state index contributed by atoms with van der Waals surface area (Å²) < 4.78 is 5.54. The van der Waals surface area contributed by atoms with Gasteiger partial charge < -0.3 is 20.7 Å². The molecular weight excluding hydrogens is 455 g/mol. The van der Waals surface area contributed by atoms with E-state index in [4.69, 9.17) is 4.74 Å². The van der Waals surface area contributed by atoms with Gasteiger partial charge in [-0.05, 0) is 36.5 Å². The minimum absolute atomic E-state index is 0. The Kier molecular flexibility index (Phi) is 9.17. The van der Waals surface area contributed by atoms with Gasteiger partial charge >= 0.3 is 0 Å². The van der Waals surface area contributed by atoms with Crippen LogP contribution in [0.15, 0.2) is 23.2 Å². The maximum absolute atomic E-state index is 12.1. The molecule has 150 valence electrons. The van der Waals surface area contributed by atoms with Gasteiger partial charge in [0.25, 0.3) is 0 Å². The van der Waals surface area contributed by atoms with Crippen molar-refractivity contribution in [3.63, 3.8) is 0 Å². The van der Waals surface area contributed by atoms with E-state index in [-0.39, 0.29) is 36.4 Å². The Morgan fingerprint density at radius 2 is 2.04 bits per heavy atom. The van der Waals surface area contributed by atoms with Crippen LogP contribution in [0.2, 0.25) is 0 Å². The highest BCUT2D eigenvalue weighted by molar-refractivity contribution is 14.0. The Labute approximate surface area is 178 Å². The van der Waals surface area contributed by atoms with Gasteiger partial charge in [0.05, 0.1) is 13.2 Å². The number of guanidine groups is 1. The summed E-state index contributed by atoms with van der Waals surface area (Å²) in [5.74, 6) is 1.72. The van der Waals surface area contributed by atoms with Crippen LogP contribution in [0.4, 0.5) is 0 Å². The molecule has 0 atom stereocenters. The van der Waals surface area contributed by atoms with Crippen molar-refractivity contribution >= 4 is 35.8 Å². The smallest absolute Gasteiger partial charge is 0.239 e. The monoisotopic (exact) mass is 486 g/mol. The van der Waals surface area contributed by atoms with Gasteiger partial charge in [-0.3, -0.25) is 9.79 Å². The van der Waals surface area contributed by atoms with Crippen molar-refractivity contribution in [3.8, 4) is 5.75 Å². The third kappa shape index (κ3) is 6.86. The molecule has 7 heteroatoms. The molecule has 0 aromatic heterocycles. The summed E-state index contributed by atoms with van der Waals surface area (Å²) in [5, 5.41) is 9.47. The molecule has 1 heterocycles. The van der Waals surface area contributed by atoms with Crippen molar-refractivity contribution in [1.29, 1.82) is 0 Å². The third-order valence-corrected chi connectivity index (χ3v) is 5.07. The standard InChI is InChI=1S/C20H30N4O2.HI/c1-21-20(23-14-19(25)24-17-5-3-2-4-6-17)22-11-9-15-7-8-18-16(13-15)10-12-26-18;/h7-8,13,17H,2-6,9-12,14H2,1H3,(H,24,25)(H2,21,22,23);1H. The highest BCUT2D eigenvalue weighted by atomic mass is 127. The highest BCUT2D eigenvalue weighted by Crippen LogP contribution is 2.25. The van der Waals surface area contributed by atoms with Gasteiger partial charge in [0.1, 0.15) is 5.75 Å². The molecule has 0 radical (unpaired) electrons. The molecule has 0 bridgehead atoms. The topological polar surface area (TPSA) is 74.8 Å². The number of aliphatic imine (C=N–C) groups is 1. The molecule has 1 fully saturated rings. The minimum Gasteiger partial charge on any atom is -0.493 e. The molecule has 1 amide bonds. The van der Waals surface area contributed by atoms with Gasteiger partial charge in [0.2, 0.25) is 5.91 Å². The molecule has 0 saturated heterocycles. The summed E-state index contributed by atoms with van der Waals surface area (Å²) in [6.07, 6.45) is 7.83. The number of fused-ring (bicyclic) bond motifs is 1. The predicted octanol–water partition coefficient (Wildman–Crippen LogP) is 2.40. The number of nitrogens with zero attached hydrogens (tertiary/aromatic N) is 1. The van der Waals surface area contributed by atoms with Gasteiger partial charge in [-0.25, -0.2) is 0 Å². The van der Waals surface area contributed by atoms with Crippen molar-refractivity contribution in [1.82, 2.24) is 16.0 Å². The SMILES string of the molecule is CN=C(NCCc1ccc2c(c1)CCO2)NCC(=O)NC1CCCCC1.I. The first kappa shape index (κ1) is 21.8. The third-order valence-electron chi connectivity index (χ3n) is 5.07. The van der Waals surface area contributed by atoms with Crippen LogP contribution < -0.4 is 20.7 Å². The lowest BCUT2D eigenvalue weighted by Gasteiger charge is -2.23. The predicted molar refractivity (Wildman–Crippen MR) is 119 cm³/mol. The summed E-state index contributed by atoms with van der Waals surface area (Å²) in [6.45, 7) is 1.81. The van der Waals surface area contributed by atoms with Crippen LogP contribution in [0.3, 0.4) is 0 Å². The zero-order valence-corrected chi connectivity index (χ0v) is 18.4. The molecule has 1 aliphatic carbocycles. The lowest BCUT2D eigenvalue weighted by atomic mass is 9.95. The van der Waals surface area contributed by atoms with Crippen LogP contribution in [0, 0.1) is 0 Å². The number of hydrogen-bond acceptors (Lipinski definition) is 3. The molecule has 27 heavy (non-hydrogen) atoms. The Balaban J connectivity index is 0.00000261. The van der Waals surface area contributed by atoms with Crippen molar-refractivity contribution in [2.24, 2.45) is 4.99 Å². The molecule has 6 nitrogen and oxygen atoms in total. The Morgan fingerprint density at radius 3 is 2.81 bits per heavy atom. The maximum Gasteiger partial charge on any atom is 0.239 e. The van der Waals surface area contributed by atoms with Crippen LogP contribution in [0.1, 0.15) is 43.2 Å². The zero-order valence-electron chi connectivity index (χ0n) is 16.1. The summed E-state index contributed by atoms with van der Waals surface area (Å²) in [6, 6.07) is 6.73. The zero-order chi connectivity index (χ0) is 18.2. The Morgan fingerprint density at radius 1 is 1.22 bits per heavy atom. The van der Waals surface area contributed by atoms with Crippen LogP contribution >= 0.6 is 24.0 Å². The van der Waals surface area contributed by atoms with E-state index in [1.54, 1.807) is 7.05 Å². The molecule has 0 unspecified atom stereocenters. The van der Waals surface area contributed by atoms with Crippen LogP contribution in [-0.2, 0) is 17.6 Å². The van der Waals surface area contributed by atoms with E-state index >= 15 is 0 Å². The largest absolute Gasteiger partial charge is 0.493 e. The molecule has 3 rings (SSSR count). The molecule has 1 saturated carbocycles. The first-order chi connectivity index (χ1) is 12.7. The van der Waals surface area contributed by atoms with Crippen LogP contribution in [0.25, 0.3) is 0 Å². The molecular formula is C20H31IN4O2. The van der Waals surface area contributed by atoms with Gasteiger partial charge in [0, 0.05) is 26.1 Å². The number of halogens is 1. The fraction of sp³-hybridized carbons (Fsp3) is 0.600. The second-order valence-corrected chi connectivity index (χ2v) is 7.05. The number of carbonyl (C=O) groups excluding carboxylic acids is 1. The highest BCUT2D eigenvalue weighted by Gasteiger charge is 2.15. The molecule has 2 aliphatic rings. The van der Waals surface area contributed by atoms with E-state index in [2.05, 4.69) is 39.1 Å². The van der Waals surface area contributed by atoms with E-state index in [1.165, 1.54) is 30.4 Å². The summed E-state index contributed by atoms with van der Waals surface area (Å²) in [5.41, 5.74) is 2.58. The minimum atomic E-state index is 0. The van der Waals surface area contributed by atoms with Crippen molar-refractivity contribution < 1.29 is 9.53 Å². The lowest BCUT2D eigenvalue weighted by molar-refractivity contribution is -0.120. The van der Waals surface area contributed by atoms with Gasteiger partial charge in [-0.2, -0.15) is 0 Å². The second-order valence-electron chi connectivity index (χ2n) is 7.05. The molecule has 1 aliphatic heterocycles. The lowest BCUT2D eigenvalue weighted by Crippen LogP contribution is -2.46. The van der Waals surface area contributed by atoms with E-state index < -0.39 is 0 Å². The van der Waals surface area contributed by atoms with Gasteiger partial charge in [-0.1, -0.05) is 31.4 Å².